The SMILES string of the molecule is C[C@H](O)c1cccc2c1C(F)(F)C(=O)N2Cc1ccc2nccnc2c1. The first kappa shape index (κ1) is 16.5. The molecule has 0 spiro atoms. The Bertz CT molecular complexity index is 1020. The van der Waals surface area contributed by atoms with Gasteiger partial charge in [0.2, 0.25) is 0 Å². The number of benzene rings is 2. The predicted molar refractivity (Wildman–Crippen MR) is 91.7 cm³/mol. The minimum Gasteiger partial charge on any atom is -0.389 e. The number of anilines is 1. The summed E-state index contributed by atoms with van der Waals surface area (Å²) in [6, 6.07) is 9.65. The molecule has 7 heteroatoms. The highest BCUT2D eigenvalue weighted by molar-refractivity contribution is 6.06. The van der Waals surface area contributed by atoms with Crippen LogP contribution in [0.25, 0.3) is 11.0 Å². The summed E-state index contributed by atoms with van der Waals surface area (Å²) in [5.41, 5.74) is 1.75. The number of nitrogens with zero attached hydrogens (tertiary/aromatic N) is 3. The number of aliphatic hydroxyl groups is 1. The fourth-order valence-corrected chi connectivity index (χ4v) is 3.31. The molecule has 1 amide bonds. The van der Waals surface area contributed by atoms with Gasteiger partial charge < -0.3 is 10.0 Å². The van der Waals surface area contributed by atoms with Crippen molar-refractivity contribution in [3.63, 3.8) is 0 Å². The van der Waals surface area contributed by atoms with Crippen molar-refractivity contribution in [1.29, 1.82) is 0 Å². The molecule has 1 atom stereocenters. The maximum atomic E-state index is 14.6. The van der Waals surface area contributed by atoms with E-state index in [9.17, 15) is 18.7 Å². The molecular weight excluding hydrogens is 340 g/mol. The summed E-state index contributed by atoms with van der Waals surface area (Å²) < 4.78 is 29.3. The van der Waals surface area contributed by atoms with Crippen LogP contribution in [0.15, 0.2) is 48.8 Å². The van der Waals surface area contributed by atoms with Gasteiger partial charge in [-0.1, -0.05) is 18.2 Å². The van der Waals surface area contributed by atoms with Crippen LogP contribution in [-0.2, 0) is 17.3 Å². The fourth-order valence-electron chi connectivity index (χ4n) is 3.31. The van der Waals surface area contributed by atoms with Gasteiger partial charge in [-0.25, -0.2) is 0 Å². The second-order valence-electron chi connectivity index (χ2n) is 6.26. The number of carbonyl (C=O) groups is 1. The third-order valence-corrected chi connectivity index (χ3v) is 4.52. The zero-order valence-electron chi connectivity index (χ0n) is 13.9. The van der Waals surface area contributed by atoms with Gasteiger partial charge in [0.25, 0.3) is 0 Å². The highest BCUT2D eigenvalue weighted by Crippen LogP contribution is 2.47. The Morgan fingerprint density at radius 3 is 2.62 bits per heavy atom. The van der Waals surface area contributed by atoms with E-state index in [1.807, 2.05) is 0 Å². The van der Waals surface area contributed by atoms with Gasteiger partial charge in [-0.2, -0.15) is 8.78 Å². The molecule has 1 aliphatic rings. The quantitative estimate of drug-likeness (QED) is 0.783. The Labute approximate surface area is 147 Å². The molecule has 5 nitrogen and oxygen atoms in total. The lowest BCUT2D eigenvalue weighted by molar-refractivity contribution is -0.141. The summed E-state index contributed by atoms with van der Waals surface area (Å²) in [6.45, 7) is 1.39. The Hall–Kier alpha value is -2.93. The van der Waals surface area contributed by atoms with Crippen LogP contribution in [0, 0.1) is 0 Å². The molecular formula is C19H15F2N3O2. The summed E-state index contributed by atoms with van der Waals surface area (Å²) in [7, 11) is 0. The lowest BCUT2D eigenvalue weighted by Crippen LogP contribution is -2.34. The van der Waals surface area contributed by atoms with Gasteiger partial charge in [-0.3, -0.25) is 14.8 Å². The molecule has 0 saturated heterocycles. The van der Waals surface area contributed by atoms with Gasteiger partial charge in [0.1, 0.15) is 0 Å². The highest BCUT2D eigenvalue weighted by Gasteiger charge is 2.54. The Kier molecular flexibility index (Phi) is 3.69. The highest BCUT2D eigenvalue weighted by atomic mass is 19.3. The molecule has 1 N–H and O–H groups in total. The molecule has 0 fully saturated rings. The lowest BCUT2D eigenvalue weighted by atomic mass is 9.98. The summed E-state index contributed by atoms with van der Waals surface area (Å²) in [6.07, 6.45) is 2.02. The van der Waals surface area contributed by atoms with Crippen molar-refractivity contribution >= 4 is 22.6 Å². The fraction of sp³-hybridized carbons (Fsp3) is 0.211. The number of alkyl halides is 2. The van der Waals surface area contributed by atoms with Crippen molar-refractivity contribution in [3.8, 4) is 0 Å². The second-order valence-corrected chi connectivity index (χ2v) is 6.26. The van der Waals surface area contributed by atoms with Crippen LogP contribution in [0.2, 0.25) is 0 Å². The first-order valence-corrected chi connectivity index (χ1v) is 8.10. The van der Waals surface area contributed by atoms with Crippen molar-refractivity contribution in [3.05, 3.63) is 65.5 Å². The molecule has 3 aromatic rings. The number of aliphatic hydroxyl groups excluding tert-OH is 1. The topological polar surface area (TPSA) is 66.3 Å². The van der Waals surface area contributed by atoms with Gasteiger partial charge in [0, 0.05) is 12.4 Å². The standard InChI is InChI=1S/C19H15F2N3O2/c1-11(25)13-3-2-4-16-17(13)19(20,21)18(26)24(16)10-12-5-6-14-15(9-12)23-8-7-22-14/h2-9,11,25H,10H2,1H3/t11-/m0/s1. The third kappa shape index (κ3) is 2.43. The van der Waals surface area contributed by atoms with Crippen molar-refractivity contribution in [2.24, 2.45) is 0 Å². The van der Waals surface area contributed by atoms with Crippen LogP contribution in [0.4, 0.5) is 14.5 Å². The zero-order valence-corrected chi connectivity index (χ0v) is 13.9. The number of halogens is 2. The van der Waals surface area contributed by atoms with E-state index in [0.717, 1.165) is 4.90 Å². The van der Waals surface area contributed by atoms with Gasteiger partial charge in [-0.05, 0) is 36.2 Å². The third-order valence-electron chi connectivity index (χ3n) is 4.52. The second kappa shape index (κ2) is 5.81. The number of hydrogen-bond donors (Lipinski definition) is 1. The monoisotopic (exact) mass is 355 g/mol. The first-order chi connectivity index (χ1) is 12.4. The normalized spacial score (nSPS) is 16.8. The Morgan fingerprint density at radius 1 is 1.15 bits per heavy atom. The average molecular weight is 355 g/mol. The Morgan fingerprint density at radius 2 is 1.88 bits per heavy atom. The van der Waals surface area contributed by atoms with E-state index in [1.54, 1.807) is 36.7 Å². The molecule has 132 valence electrons. The molecule has 2 aromatic carbocycles. The summed E-state index contributed by atoms with van der Waals surface area (Å²) in [5, 5.41) is 9.82. The van der Waals surface area contributed by atoms with E-state index in [-0.39, 0.29) is 17.8 Å². The van der Waals surface area contributed by atoms with Crippen LogP contribution < -0.4 is 4.90 Å². The molecule has 0 unspecified atom stereocenters. The lowest BCUT2D eigenvalue weighted by Gasteiger charge is -2.18. The smallest absolute Gasteiger partial charge is 0.352 e. The van der Waals surface area contributed by atoms with E-state index in [0.29, 0.717) is 16.6 Å². The maximum absolute atomic E-state index is 14.6. The van der Waals surface area contributed by atoms with Crippen molar-refractivity contribution in [1.82, 2.24) is 9.97 Å². The number of amides is 1. The van der Waals surface area contributed by atoms with Crippen molar-refractivity contribution in [2.75, 3.05) is 4.90 Å². The van der Waals surface area contributed by atoms with Crippen LogP contribution in [-0.4, -0.2) is 21.0 Å². The van der Waals surface area contributed by atoms with E-state index in [4.69, 9.17) is 0 Å². The number of aromatic nitrogens is 2. The molecule has 0 aliphatic carbocycles. The van der Waals surface area contributed by atoms with Crippen molar-refractivity contribution in [2.45, 2.75) is 25.5 Å². The maximum Gasteiger partial charge on any atom is 0.352 e. The molecule has 0 bridgehead atoms. The molecule has 2 heterocycles. The predicted octanol–water partition coefficient (Wildman–Crippen LogP) is 3.32. The largest absolute Gasteiger partial charge is 0.389 e. The van der Waals surface area contributed by atoms with E-state index in [1.165, 1.54) is 19.1 Å². The molecule has 26 heavy (non-hydrogen) atoms. The Balaban J connectivity index is 1.78. The van der Waals surface area contributed by atoms with Crippen LogP contribution in [0.5, 0.6) is 0 Å². The number of hydrogen-bond acceptors (Lipinski definition) is 4. The van der Waals surface area contributed by atoms with Gasteiger partial charge in [0.05, 0.1) is 34.9 Å². The van der Waals surface area contributed by atoms with Crippen molar-refractivity contribution < 1.29 is 18.7 Å². The average Bonchev–Trinajstić information content (AvgIpc) is 2.82. The number of carbonyl (C=O) groups excluding carboxylic acids is 1. The molecule has 1 aromatic heterocycles. The minimum absolute atomic E-state index is 0.0167. The summed E-state index contributed by atoms with van der Waals surface area (Å²) >= 11 is 0. The molecule has 0 saturated carbocycles. The summed E-state index contributed by atoms with van der Waals surface area (Å²) in [4.78, 5) is 21.8. The van der Waals surface area contributed by atoms with Gasteiger partial charge >= 0.3 is 11.8 Å². The first-order valence-electron chi connectivity index (χ1n) is 8.10. The van der Waals surface area contributed by atoms with Gasteiger partial charge in [-0.15, -0.1) is 0 Å². The van der Waals surface area contributed by atoms with Gasteiger partial charge in [0.15, 0.2) is 0 Å². The zero-order chi connectivity index (χ0) is 18.5. The van der Waals surface area contributed by atoms with Crippen LogP contribution >= 0.6 is 0 Å². The van der Waals surface area contributed by atoms with E-state index in [2.05, 4.69) is 9.97 Å². The van der Waals surface area contributed by atoms with E-state index < -0.39 is 23.5 Å². The summed E-state index contributed by atoms with van der Waals surface area (Å²) in [5.74, 6) is -4.96. The minimum atomic E-state index is -3.67. The molecule has 1 aliphatic heterocycles. The van der Waals surface area contributed by atoms with Crippen LogP contribution in [0.1, 0.15) is 29.7 Å². The number of rotatable bonds is 3. The molecule has 0 radical (unpaired) electrons. The molecule has 4 rings (SSSR count). The number of fused-ring (bicyclic) bond motifs is 2. The van der Waals surface area contributed by atoms with Crippen LogP contribution in [0.3, 0.4) is 0 Å². The van der Waals surface area contributed by atoms with E-state index >= 15 is 0 Å².